The van der Waals surface area contributed by atoms with Crippen LogP contribution in [0.15, 0.2) is 29.2 Å². The molecule has 1 aromatic carbocycles. The summed E-state index contributed by atoms with van der Waals surface area (Å²) >= 11 is 1.82. The Morgan fingerprint density at radius 1 is 1.36 bits per heavy atom. The van der Waals surface area contributed by atoms with Gasteiger partial charge in [0.25, 0.3) is 0 Å². The van der Waals surface area contributed by atoms with Crippen molar-refractivity contribution in [2.24, 2.45) is 0 Å². The molecule has 0 aliphatic rings. The van der Waals surface area contributed by atoms with Crippen molar-refractivity contribution in [3.8, 4) is 0 Å². The summed E-state index contributed by atoms with van der Waals surface area (Å²) in [5, 5.41) is 0. The minimum Gasteiger partial charge on any atom is -0.121 e. The van der Waals surface area contributed by atoms with E-state index >= 15 is 0 Å². The highest BCUT2D eigenvalue weighted by Crippen LogP contribution is 2.24. The highest BCUT2D eigenvalue weighted by molar-refractivity contribution is 8.01. The first-order valence-electron chi connectivity index (χ1n) is 3.88. The van der Waals surface area contributed by atoms with Gasteiger partial charge < -0.3 is 0 Å². The third kappa shape index (κ3) is 2.58. The van der Waals surface area contributed by atoms with Gasteiger partial charge in [-0.2, -0.15) is 0 Å². The zero-order valence-corrected chi connectivity index (χ0v) is 7.82. The van der Waals surface area contributed by atoms with Gasteiger partial charge in [0.2, 0.25) is 0 Å². The molecular weight excluding hydrogens is 152 g/mol. The topological polar surface area (TPSA) is 0 Å². The fourth-order valence-corrected chi connectivity index (χ4v) is 1.62. The lowest BCUT2D eigenvalue weighted by molar-refractivity contribution is 1.19. The van der Waals surface area contributed by atoms with Gasteiger partial charge in [0.1, 0.15) is 0 Å². The zero-order chi connectivity index (χ0) is 8.10. The molecule has 0 saturated heterocycles. The van der Waals surface area contributed by atoms with Crippen LogP contribution >= 0.6 is 11.8 Å². The Morgan fingerprint density at radius 2 is 2.09 bits per heavy atom. The molecule has 1 rings (SSSR count). The van der Waals surface area contributed by atoms with Crippen LogP contribution in [0, 0.1) is 12.7 Å². The maximum absolute atomic E-state index is 2.22. The molecule has 0 aromatic heterocycles. The van der Waals surface area contributed by atoms with E-state index in [-0.39, 0.29) is 0 Å². The van der Waals surface area contributed by atoms with E-state index in [2.05, 4.69) is 43.9 Å². The third-order valence-electron chi connectivity index (χ3n) is 1.47. The van der Waals surface area contributed by atoms with Crippen molar-refractivity contribution in [3.05, 3.63) is 35.6 Å². The Bertz CT molecular complexity index is 218. The SMILES string of the molecule is CC[CH]Sc1ccccc1C. The second-order valence-corrected chi connectivity index (χ2v) is 3.47. The lowest BCUT2D eigenvalue weighted by atomic mass is 10.2. The Kier molecular flexibility index (Phi) is 3.50. The summed E-state index contributed by atoms with van der Waals surface area (Å²) in [6.07, 6.45) is 1.12. The van der Waals surface area contributed by atoms with Gasteiger partial charge in [0.05, 0.1) is 0 Å². The van der Waals surface area contributed by atoms with Gasteiger partial charge in [-0.25, -0.2) is 0 Å². The first kappa shape index (κ1) is 8.66. The monoisotopic (exact) mass is 165 g/mol. The zero-order valence-electron chi connectivity index (χ0n) is 7.00. The van der Waals surface area contributed by atoms with Crippen molar-refractivity contribution in [2.45, 2.75) is 25.2 Å². The standard InChI is InChI=1S/C10H13S/c1-3-8-11-10-7-5-4-6-9(10)2/h4-8H,3H2,1-2H3. The van der Waals surface area contributed by atoms with Crippen molar-refractivity contribution in [3.63, 3.8) is 0 Å². The fourth-order valence-electron chi connectivity index (χ4n) is 0.862. The predicted octanol–water partition coefficient (Wildman–Crippen LogP) is 3.66. The molecule has 0 N–H and O–H groups in total. The molecule has 0 aliphatic heterocycles. The molecule has 0 aliphatic carbocycles. The van der Waals surface area contributed by atoms with E-state index in [1.54, 1.807) is 0 Å². The molecule has 0 heterocycles. The molecule has 0 fully saturated rings. The summed E-state index contributed by atoms with van der Waals surface area (Å²) in [6, 6.07) is 8.46. The van der Waals surface area contributed by atoms with Crippen LogP contribution < -0.4 is 0 Å². The van der Waals surface area contributed by atoms with E-state index in [0.29, 0.717) is 0 Å². The van der Waals surface area contributed by atoms with Crippen molar-refractivity contribution in [1.29, 1.82) is 0 Å². The Labute approximate surface area is 73.0 Å². The van der Waals surface area contributed by atoms with Gasteiger partial charge in [0, 0.05) is 10.6 Å². The van der Waals surface area contributed by atoms with Crippen LogP contribution in [0.4, 0.5) is 0 Å². The second-order valence-electron chi connectivity index (χ2n) is 2.46. The van der Waals surface area contributed by atoms with Gasteiger partial charge in [-0.05, 0) is 25.0 Å². The predicted molar refractivity (Wildman–Crippen MR) is 51.6 cm³/mol. The van der Waals surface area contributed by atoms with Gasteiger partial charge >= 0.3 is 0 Å². The third-order valence-corrected chi connectivity index (χ3v) is 2.68. The fraction of sp³-hybridized carbons (Fsp3) is 0.300. The normalized spacial score (nSPS) is 10.0. The molecule has 0 unspecified atom stereocenters. The summed E-state index contributed by atoms with van der Waals surface area (Å²) in [5.41, 5.74) is 1.36. The van der Waals surface area contributed by atoms with E-state index in [4.69, 9.17) is 0 Å². The van der Waals surface area contributed by atoms with E-state index < -0.39 is 0 Å². The smallest absolute Gasteiger partial charge is 0.0214 e. The van der Waals surface area contributed by atoms with Crippen LogP contribution in [0.5, 0.6) is 0 Å². The van der Waals surface area contributed by atoms with E-state index in [9.17, 15) is 0 Å². The summed E-state index contributed by atoms with van der Waals surface area (Å²) in [5.74, 6) is 2.22. The van der Waals surface area contributed by atoms with Crippen LogP contribution in [0.2, 0.25) is 0 Å². The maximum Gasteiger partial charge on any atom is 0.0214 e. The maximum atomic E-state index is 2.22. The van der Waals surface area contributed by atoms with E-state index in [1.165, 1.54) is 10.5 Å². The summed E-state index contributed by atoms with van der Waals surface area (Å²) < 4.78 is 0. The molecule has 0 amide bonds. The Balaban J connectivity index is 2.62. The van der Waals surface area contributed by atoms with Gasteiger partial charge in [-0.1, -0.05) is 25.1 Å². The second kappa shape index (κ2) is 4.45. The minimum atomic E-state index is 1.12. The van der Waals surface area contributed by atoms with Gasteiger partial charge in [0.15, 0.2) is 0 Å². The first-order chi connectivity index (χ1) is 5.34. The van der Waals surface area contributed by atoms with Crippen molar-refractivity contribution in [1.82, 2.24) is 0 Å². The average Bonchev–Trinajstić information content (AvgIpc) is 2.03. The van der Waals surface area contributed by atoms with Gasteiger partial charge in [-0.15, -0.1) is 11.8 Å². The molecule has 0 nitrogen and oxygen atoms in total. The number of aryl methyl sites for hydroxylation is 1. The first-order valence-corrected chi connectivity index (χ1v) is 4.76. The average molecular weight is 165 g/mol. The van der Waals surface area contributed by atoms with E-state index in [0.717, 1.165) is 6.42 Å². The highest BCUT2D eigenvalue weighted by Gasteiger charge is 1.94. The molecule has 1 heteroatoms. The van der Waals surface area contributed by atoms with Crippen molar-refractivity contribution < 1.29 is 0 Å². The number of hydrogen-bond donors (Lipinski definition) is 0. The molecule has 0 spiro atoms. The molecule has 59 valence electrons. The van der Waals surface area contributed by atoms with Crippen LogP contribution in [0.3, 0.4) is 0 Å². The number of hydrogen-bond acceptors (Lipinski definition) is 1. The molecule has 1 radical (unpaired) electrons. The van der Waals surface area contributed by atoms with Crippen LogP contribution in [0.1, 0.15) is 18.9 Å². The molecule has 1 aromatic rings. The lowest BCUT2D eigenvalue weighted by Gasteiger charge is -2.01. The highest BCUT2D eigenvalue weighted by atomic mass is 32.2. The molecule has 0 bridgehead atoms. The molecule has 0 saturated carbocycles. The lowest BCUT2D eigenvalue weighted by Crippen LogP contribution is -1.76. The Morgan fingerprint density at radius 3 is 2.73 bits per heavy atom. The molecular formula is C10H13S. The minimum absolute atomic E-state index is 1.12. The van der Waals surface area contributed by atoms with Crippen LogP contribution in [-0.2, 0) is 0 Å². The quantitative estimate of drug-likeness (QED) is 0.616. The van der Waals surface area contributed by atoms with Crippen LogP contribution in [-0.4, -0.2) is 0 Å². The largest absolute Gasteiger partial charge is 0.121 e. The molecule has 11 heavy (non-hydrogen) atoms. The molecule has 0 atom stereocenters. The van der Waals surface area contributed by atoms with E-state index in [1.807, 2.05) is 11.8 Å². The number of rotatable bonds is 3. The summed E-state index contributed by atoms with van der Waals surface area (Å²) in [4.78, 5) is 1.37. The number of thioether (sulfide) groups is 1. The number of benzene rings is 1. The van der Waals surface area contributed by atoms with Crippen molar-refractivity contribution in [2.75, 3.05) is 0 Å². The summed E-state index contributed by atoms with van der Waals surface area (Å²) in [6.45, 7) is 4.30. The van der Waals surface area contributed by atoms with Gasteiger partial charge in [-0.3, -0.25) is 0 Å². The summed E-state index contributed by atoms with van der Waals surface area (Å²) in [7, 11) is 0. The van der Waals surface area contributed by atoms with Crippen molar-refractivity contribution >= 4 is 11.8 Å². The van der Waals surface area contributed by atoms with Crippen LogP contribution in [0.25, 0.3) is 0 Å². The Hall–Kier alpha value is -0.430.